The van der Waals surface area contributed by atoms with Crippen LogP contribution in [0, 0.1) is 13.8 Å². The molecule has 0 fully saturated rings. The van der Waals surface area contributed by atoms with Gasteiger partial charge in [0, 0.05) is 25.4 Å². The van der Waals surface area contributed by atoms with Gasteiger partial charge in [0.25, 0.3) is 0 Å². The van der Waals surface area contributed by atoms with Gasteiger partial charge in [0.15, 0.2) is 11.5 Å². The lowest BCUT2D eigenvalue weighted by molar-refractivity contribution is -0.131. The summed E-state index contributed by atoms with van der Waals surface area (Å²) in [5.74, 6) is 0.818. The summed E-state index contributed by atoms with van der Waals surface area (Å²) in [4.78, 5) is 26.8. The number of rotatable bonds is 8. The smallest absolute Gasteiger partial charge is 0.247 e. The molecule has 0 bridgehead atoms. The van der Waals surface area contributed by atoms with E-state index in [9.17, 15) is 9.59 Å². The maximum atomic E-state index is 12.8. The van der Waals surface area contributed by atoms with E-state index in [0.717, 1.165) is 22.4 Å². The number of anilines is 1. The molecular formula is C24H28N2O5. The van der Waals surface area contributed by atoms with Gasteiger partial charge in [-0.05, 0) is 54.8 Å². The van der Waals surface area contributed by atoms with Crippen molar-refractivity contribution in [2.45, 2.75) is 13.8 Å². The first kappa shape index (κ1) is 22.4. The van der Waals surface area contributed by atoms with Gasteiger partial charge in [-0.15, -0.1) is 0 Å². The summed E-state index contributed by atoms with van der Waals surface area (Å²) in [5, 5.41) is 2.89. The van der Waals surface area contributed by atoms with E-state index in [1.54, 1.807) is 13.2 Å². The lowest BCUT2D eigenvalue weighted by Gasteiger charge is -2.21. The van der Waals surface area contributed by atoms with Crippen LogP contribution in [0.25, 0.3) is 6.08 Å². The van der Waals surface area contributed by atoms with E-state index in [0.29, 0.717) is 37.9 Å². The number of fused-ring (bicyclic) bond motifs is 1. The van der Waals surface area contributed by atoms with Gasteiger partial charge in [0.2, 0.25) is 11.8 Å². The van der Waals surface area contributed by atoms with Crippen molar-refractivity contribution < 1.29 is 23.8 Å². The van der Waals surface area contributed by atoms with E-state index in [1.807, 2.05) is 50.2 Å². The number of ether oxygens (including phenoxy) is 3. The van der Waals surface area contributed by atoms with E-state index in [1.165, 1.54) is 11.0 Å². The van der Waals surface area contributed by atoms with Gasteiger partial charge in [-0.2, -0.15) is 0 Å². The van der Waals surface area contributed by atoms with Gasteiger partial charge in [0.1, 0.15) is 19.8 Å². The number of methoxy groups -OCH3 is 1. The molecule has 1 N–H and O–H groups in total. The van der Waals surface area contributed by atoms with Crippen LogP contribution in [0.5, 0.6) is 11.5 Å². The fourth-order valence-electron chi connectivity index (χ4n) is 3.15. The molecule has 3 rings (SSSR count). The molecule has 7 nitrogen and oxygen atoms in total. The van der Waals surface area contributed by atoms with Crippen LogP contribution in [0.15, 0.2) is 42.5 Å². The Balaban J connectivity index is 1.66. The maximum absolute atomic E-state index is 12.8. The van der Waals surface area contributed by atoms with Crippen LogP contribution in [-0.2, 0) is 14.3 Å². The van der Waals surface area contributed by atoms with Crippen molar-refractivity contribution in [1.82, 2.24) is 4.90 Å². The molecule has 0 spiro atoms. The number of aryl methyl sites for hydroxylation is 1. The van der Waals surface area contributed by atoms with Crippen LogP contribution >= 0.6 is 0 Å². The molecule has 0 saturated carbocycles. The van der Waals surface area contributed by atoms with E-state index >= 15 is 0 Å². The van der Waals surface area contributed by atoms with Crippen molar-refractivity contribution in [1.29, 1.82) is 0 Å². The fourth-order valence-corrected chi connectivity index (χ4v) is 3.15. The molecule has 164 valence electrons. The summed E-state index contributed by atoms with van der Waals surface area (Å²) < 4.78 is 16.2. The Morgan fingerprint density at radius 2 is 1.90 bits per heavy atom. The third kappa shape index (κ3) is 6.08. The number of carbonyl (C=O) groups is 2. The number of hydrogen-bond acceptors (Lipinski definition) is 5. The maximum Gasteiger partial charge on any atom is 0.247 e. The lowest BCUT2D eigenvalue weighted by atomic mass is 10.1. The normalized spacial score (nSPS) is 12.6. The molecule has 2 aromatic carbocycles. The average molecular weight is 424 g/mol. The first-order valence-electron chi connectivity index (χ1n) is 10.2. The third-order valence-electron chi connectivity index (χ3n) is 5.07. The van der Waals surface area contributed by atoms with Gasteiger partial charge in [-0.1, -0.05) is 18.2 Å². The third-order valence-corrected chi connectivity index (χ3v) is 5.07. The highest BCUT2D eigenvalue weighted by Crippen LogP contribution is 2.31. The van der Waals surface area contributed by atoms with Crippen molar-refractivity contribution in [3.8, 4) is 11.5 Å². The van der Waals surface area contributed by atoms with Crippen molar-refractivity contribution in [3.05, 3.63) is 59.2 Å². The van der Waals surface area contributed by atoms with Gasteiger partial charge in [0.05, 0.1) is 6.61 Å². The van der Waals surface area contributed by atoms with E-state index in [-0.39, 0.29) is 18.4 Å². The average Bonchev–Trinajstić information content (AvgIpc) is 2.78. The summed E-state index contributed by atoms with van der Waals surface area (Å²) in [5.41, 5.74) is 3.65. The van der Waals surface area contributed by atoms with Crippen LogP contribution in [0.1, 0.15) is 16.7 Å². The summed E-state index contributed by atoms with van der Waals surface area (Å²) in [6, 6.07) is 11.2. The highest BCUT2D eigenvalue weighted by molar-refractivity contribution is 5.98. The number of amides is 2. The molecule has 31 heavy (non-hydrogen) atoms. The zero-order valence-electron chi connectivity index (χ0n) is 18.1. The molecular weight excluding hydrogens is 396 g/mol. The van der Waals surface area contributed by atoms with E-state index in [2.05, 4.69) is 5.32 Å². The predicted molar refractivity (Wildman–Crippen MR) is 119 cm³/mol. The summed E-state index contributed by atoms with van der Waals surface area (Å²) >= 11 is 0. The van der Waals surface area contributed by atoms with E-state index < -0.39 is 0 Å². The molecule has 1 aliphatic rings. The Hall–Kier alpha value is -3.32. The second-order valence-corrected chi connectivity index (χ2v) is 7.28. The number of nitrogens with one attached hydrogen (secondary N) is 1. The second-order valence-electron chi connectivity index (χ2n) is 7.28. The minimum atomic E-state index is -0.275. The molecule has 7 heteroatoms. The van der Waals surface area contributed by atoms with E-state index in [4.69, 9.17) is 14.2 Å². The van der Waals surface area contributed by atoms with Gasteiger partial charge >= 0.3 is 0 Å². The molecule has 1 heterocycles. The summed E-state index contributed by atoms with van der Waals surface area (Å²) in [6.07, 6.45) is 3.15. The number of hydrogen-bond donors (Lipinski definition) is 1. The second kappa shape index (κ2) is 10.6. The van der Waals surface area contributed by atoms with Crippen molar-refractivity contribution in [2.75, 3.05) is 45.3 Å². The monoisotopic (exact) mass is 424 g/mol. The number of nitrogens with zero attached hydrogens (tertiary/aromatic N) is 1. The molecule has 0 aliphatic carbocycles. The molecule has 0 atom stereocenters. The molecule has 0 aromatic heterocycles. The van der Waals surface area contributed by atoms with Crippen molar-refractivity contribution in [2.24, 2.45) is 0 Å². The quantitative estimate of drug-likeness (QED) is 0.659. The Labute approximate surface area is 182 Å². The van der Waals surface area contributed by atoms with Crippen molar-refractivity contribution >= 4 is 23.6 Å². The zero-order chi connectivity index (χ0) is 22.2. The van der Waals surface area contributed by atoms with Gasteiger partial charge < -0.3 is 24.4 Å². The predicted octanol–water partition coefficient (Wildman–Crippen LogP) is 3.20. The fraction of sp³-hybridized carbons (Fsp3) is 0.333. The summed E-state index contributed by atoms with van der Waals surface area (Å²) in [6.45, 7) is 5.54. The Morgan fingerprint density at radius 3 is 2.68 bits per heavy atom. The first-order valence-corrected chi connectivity index (χ1v) is 10.2. The first-order chi connectivity index (χ1) is 15.0. The summed E-state index contributed by atoms with van der Waals surface area (Å²) in [7, 11) is 1.56. The zero-order valence-corrected chi connectivity index (χ0v) is 18.1. The van der Waals surface area contributed by atoms with Crippen LogP contribution in [0.4, 0.5) is 5.69 Å². The SMILES string of the molecule is COCCN(CC(=O)Nc1cccc(C)c1C)C(=O)/C=C/c1ccc2c(c1)OCCO2. The standard InChI is InChI=1S/C24H28N2O5/c1-17-5-4-6-20(18(17)2)25-23(27)16-26(11-12-29-3)24(28)10-8-19-7-9-21-22(15-19)31-14-13-30-21/h4-10,15H,11-14,16H2,1-3H3,(H,25,27)/b10-8+. The van der Waals surface area contributed by atoms with Gasteiger partial charge in [-0.25, -0.2) is 0 Å². The Morgan fingerprint density at radius 1 is 1.13 bits per heavy atom. The molecule has 2 aromatic rings. The molecule has 0 unspecified atom stereocenters. The van der Waals surface area contributed by atoms with Crippen LogP contribution < -0.4 is 14.8 Å². The highest BCUT2D eigenvalue weighted by Gasteiger charge is 2.16. The molecule has 1 aliphatic heterocycles. The highest BCUT2D eigenvalue weighted by atomic mass is 16.6. The van der Waals surface area contributed by atoms with Gasteiger partial charge in [-0.3, -0.25) is 9.59 Å². The van der Waals surface area contributed by atoms with Crippen LogP contribution in [0.3, 0.4) is 0 Å². The Kier molecular flexibility index (Phi) is 7.67. The number of carbonyl (C=O) groups excluding carboxylic acids is 2. The van der Waals surface area contributed by atoms with Crippen LogP contribution in [0.2, 0.25) is 0 Å². The molecule has 0 saturated heterocycles. The number of benzene rings is 2. The molecule has 2 amide bonds. The largest absolute Gasteiger partial charge is 0.486 e. The van der Waals surface area contributed by atoms with Crippen LogP contribution in [-0.4, -0.2) is 56.7 Å². The molecule has 0 radical (unpaired) electrons. The van der Waals surface area contributed by atoms with Crippen molar-refractivity contribution in [3.63, 3.8) is 0 Å². The lowest BCUT2D eigenvalue weighted by Crippen LogP contribution is -2.39. The topological polar surface area (TPSA) is 77.1 Å². The minimum Gasteiger partial charge on any atom is -0.486 e. The Bertz CT molecular complexity index is 970. The minimum absolute atomic E-state index is 0.0684.